The zero-order valence-corrected chi connectivity index (χ0v) is 12.7. The van der Waals surface area contributed by atoms with Crippen LogP contribution in [-0.4, -0.2) is 7.11 Å². The third kappa shape index (κ3) is 3.40. The normalized spacial score (nSPS) is 13.8. The van der Waals surface area contributed by atoms with Gasteiger partial charge in [0.1, 0.15) is 5.75 Å². The molecular formula is C18H23NO. The van der Waals surface area contributed by atoms with E-state index in [4.69, 9.17) is 10.5 Å². The third-order valence-corrected chi connectivity index (χ3v) is 3.60. The molecule has 0 aliphatic rings. The van der Waals surface area contributed by atoms with Gasteiger partial charge in [-0.2, -0.15) is 0 Å². The number of benzene rings is 2. The lowest BCUT2D eigenvalue weighted by molar-refractivity contribution is 0.413. The first-order chi connectivity index (χ1) is 9.40. The van der Waals surface area contributed by atoms with Gasteiger partial charge >= 0.3 is 0 Å². The van der Waals surface area contributed by atoms with Crippen molar-refractivity contribution in [1.82, 2.24) is 0 Å². The van der Waals surface area contributed by atoms with Crippen molar-refractivity contribution in [3.63, 3.8) is 0 Å². The summed E-state index contributed by atoms with van der Waals surface area (Å²) in [6.07, 6.45) is 0.821. The van der Waals surface area contributed by atoms with Crippen LogP contribution in [-0.2, 0) is 12.0 Å². The highest BCUT2D eigenvalue weighted by molar-refractivity contribution is 5.35. The molecule has 20 heavy (non-hydrogen) atoms. The number of methoxy groups -OCH3 is 1. The van der Waals surface area contributed by atoms with E-state index in [0.717, 1.165) is 17.7 Å². The number of nitrogens with two attached hydrogens (primary N) is 1. The van der Waals surface area contributed by atoms with Crippen molar-refractivity contribution >= 4 is 0 Å². The van der Waals surface area contributed by atoms with Gasteiger partial charge in [-0.15, -0.1) is 0 Å². The molecule has 0 aliphatic heterocycles. The Morgan fingerprint density at radius 1 is 1.00 bits per heavy atom. The Balaban J connectivity index is 2.24. The highest BCUT2D eigenvalue weighted by Crippen LogP contribution is 2.25. The van der Waals surface area contributed by atoms with E-state index in [1.165, 1.54) is 16.7 Å². The molecule has 2 N–H and O–H groups in total. The van der Waals surface area contributed by atoms with Gasteiger partial charge in [-0.3, -0.25) is 0 Å². The van der Waals surface area contributed by atoms with E-state index in [-0.39, 0.29) is 5.54 Å². The molecule has 2 nitrogen and oxygen atoms in total. The summed E-state index contributed by atoms with van der Waals surface area (Å²) in [7, 11) is 1.67. The summed E-state index contributed by atoms with van der Waals surface area (Å²) in [5.41, 5.74) is 11.1. The highest BCUT2D eigenvalue weighted by Gasteiger charge is 2.21. The number of hydrogen-bond donors (Lipinski definition) is 1. The lowest BCUT2D eigenvalue weighted by Crippen LogP contribution is -2.35. The van der Waals surface area contributed by atoms with Crippen LogP contribution in [0.25, 0.3) is 0 Å². The van der Waals surface area contributed by atoms with Crippen molar-refractivity contribution < 1.29 is 4.74 Å². The molecule has 0 saturated heterocycles. The van der Waals surface area contributed by atoms with Gasteiger partial charge in [0.25, 0.3) is 0 Å². The van der Waals surface area contributed by atoms with Gasteiger partial charge in [0.05, 0.1) is 7.11 Å². The molecule has 2 rings (SSSR count). The molecule has 1 atom stereocenters. The minimum atomic E-state index is -0.382. The first-order valence-corrected chi connectivity index (χ1v) is 6.91. The summed E-state index contributed by atoms with van der Waals surface area (Å²) >= 11 is 0. The average Bonchev–Trinajstić information content (AvgIpc) is 2.37. The predicted molar refractivity (Wildman–Crippen MR) is 84.2 cm³/mol. The molecule has 0 aliphatic carbocycles. The zero-order chi connectivity index (χ0) is 14.8. The molecule has 0 radical (unpaired) electrons. The van der Waals surface area contributed by atoms with E-state index in [9.17, 15) is 0 Å². The SMILES string of the molecule is COc1ccc(C(C)(N)Cc2cc(C)cc(C)c2)cc1. The van der Waals surface area contributed by atoms with E-state index in [0.29, 0.717) is 0 Å². The standard InChI is InChI=1S/C18H23NO/c1-13-9-14(2)11-15(10-13)12-18(3,19)16-5-7-17(20-4)8-6-16/h5-11H,12,19H2,1-4H3. The van der Waals surface area contributed by atoms with Crippen molar-refractivity contribution in [2.24, 2.45) is 5.73 Å². The second-order valence-corrected chi connectivity index (χ2v) is 5.82. The first-order valence-electron chi connectivity index (χ1n) is 6.91. The molecule has 0 amide bonds. The first kappa shape index (κ1) is 14.6. The lowest BCUT2D eigenvalue weighted by atomic mass is 9.86. The fraction of sp³-hybridized carbons (Fsp3) is 0.333. The van der Waals surface area contributed by atoms with Crippen molar-refractivity contribution in [1.29, 1.82) is 0 Å². The van der Waals surface area contributed by atoms with Crippen molar-refractivity contribution in [3.8, 4) is 5.75 Å². The topological polar surface area (TPSA) is 35.2 Å². The molecule has 0 spiro atoms. The van der Waals surface area contributed by atoms with E-state index in [1.807, 2.05) is 24.3 Å². The van der Waals surface area contributed by atoms with Crippen LogP contribution in [0.2, 0.25) is 0 Å². The fourth-order valence-electron chi connectivity index (χ4n) is 2.67. The van der Waals surface area contributed by atoms with Gasteiger partial charge in [0.2, 0.25) is 0 Å². The molecule has 2 aromatic carbocycles. The van der Waals surface area contributed by atoms with E-state index < -0.39 is 0 Å². The van der Waals surface area contributed by atoms with Crippen LogP contribution in [0.4, 0.5) is 0 Å². The van der Waals surface area contributed by atoms with Crippen molar-refractivity contribution in [2.75, 3.05) is 7.11 Å². The van der Waals surface area contributed by atoms with Gasteiger partial charge in [-0.1, -0.05) is 41.5 Å². The Hall–Kier alpha value is -1.80. The van der Waals surface area contributed by atoms with Crippen LogP contribution in [0.1, 0.15) is 29.2 Å². The van der Waals surface area contributed by atoms with Crippen LogP contribution in [0.5, 0.6) is 5.75 Å². The highest BCUT2D eigenvalue weighted by atomic mass is 16.5. The Morgan fingerprint density at radius 3 is 2.05 bits per heavy atom. The van der Waals surface area contributed by atoms with Crippen LogP contribution in [0.3, 0.4) is 0 Å². The minimum absolute atomic E-state index is 0.382. The quantitative estimate of drug-likeness (QED) is 0.918. The Kier molecular flexibility index (Phi) is 4.15. The molecule has 1 unspecified atom stereocenters. The molecule has 2 aromatic rings. The maximum absolute atomic E-state index is 6.52. The van der Waals surface area contributed by atoms with E-state index in [2.05, 4.69) is 39.0 Å². The summed E-state index contributed by atoms with van der Waals surface area (Å²) in [6.45, 7) is 6.32. The van der Waals surface area contributed by atoms with Crippen molar-refractivity contribution in [2.45, 2.75) is 32.7 Å². The van der Waals surface area contributed by atoms with Crippen LogP contribution in [0, 0.1) is 13.8 Å². The maximum Gasteiger partial charge on any atom is 0.118 e. The van der Waals surface area contributed by atoms with Gasteiger partial charge < -0.3 is 10.5 Å². The third-order valence-electron chi connectivity index (χ3n) is 3.60. The Labute approximate surface area is 121 Å². The predicted octanol–water partition coefficient (Wildman–Crippen LogP) is 3.73. The number of hydrogen-bond acceptors (Lipinski definition) is 2. The molecule has 0 bridgehead atoms. The van der Waals surface area contributed by atoms with Gasteiger partial charge in [-0.05, 0) is 50.5 Å². The second kappa shape index (κ2) is 5.68. The fourth-order valence-corrected chi connectivity index (χ4v) is 2.67. The summed E-state index contributed by atoms with van der Waals surface area (Å²) in [4.78, 5) is 0. The number of ether oxygens (including phenoxy) is 1. The summed E-state index contributed by atoms with van der Waals surface area (Å²) in [5.74, 6) is 0.857. The summed E-state index contributed by atoms with van der Waals surface area (Å²) < 4.78 is 5.19. The largest absolute Gasteiger partial charge is 0.497 e. The average molecular weight is 269 g/mol. The zero-order valence-electron chi connectivity index (χ0n) is 12.7. The van der Waals surface area contributed by atoms with Crippen LogP contribution in [0.15, 0.2) is 42.5 Å². The van der Waals surface area contributed by atoms with Gasteiger partial charge in [-0.25, -0.2) is 0 Å². The van der Waals surface area contributed by atoms with Crippen LogP contribution < -0.4 is 10.5 Å². The molecule has 2 heteroatoms. The molecule has 0 aromatic heterocycles. The number of rotatable bonds is 4. The van der Waals surface area contributed by atoms with E-state index in [1.54, 1.807) is 7.11 Å². The summed E-state index contributed by atoms with van der Waals surface area (Å²) in [5, 5.41) is 0. The molecule has 0 saturated carbocycles. The Morgan fingerprint density at radius 2 is 1.55 bits per heavy atom. The van der Waals surface area contributed by atoms with Gasteiger partial charge in [0.15, 0.2) is 0 Å². The molecule has 0 fully saturated rings. The monoisotopic (exact) mass is 269 g/mol. The maximum atomic E-state index is 6.52. The number of aryl methyl sites for hydroxylation is 2. The molecular weight excluding hydrogens is 246 g/mol. The molecule has 0 heterocycles. The second-order valence-electron chi connectivity index (χ2n) is 5.82. The minimum Gasteiger partial charge on any atom is -0.497 e. The Bertz CT molecular complexity index is 565. The summed E-state index contributed by atoms with van der Waals surface area (Å²) in [6, 6.07) is 14.6. The molecule has 106 valence electrons. The smallest absolute Gasteiger partial charge is 0.118 e. The van der Waals surface area contributed by atoms with Crippen LogP contribution >= 0.6 is 0 Å². The lowest BCUT2D eigenvalue weighted by Gasteiger charge is -2.26. The van der Waals surface area contributed by atoms with Gasteiger partial charge in [0, 0.05) is 5.54 Å². The van der Waals surface area contributed by atoms with Crippen molar-refractivity contribution in [3.05, 3.63) is 64.7 Å². The van der Waals surface area contributed by atoms with E-state index >= 15 is 0 Å².